The van der Waals surface area contributed by atoms with Gasteiger partial charge in [-0.1, -0.05) is 55.4 Å². The van der Waals surface area contributed by atoms with Crippen LogP contribution in [0.15, 0.2) is 48.0 Å². The van der Waals surface area contributed by atoms with Crippen LogP contribution in [-0.4, -0.2) is 13.2 Å². The number of nitrogens with one attached hydrogen (secondary N) is 1. The molecular formula is C17H20ClNO. The van der Waals surface area contributed by atoms with Gasteiger partial charge in [0.05, 0.1) is 0 Å². The summed E-state index contributed by atoms with van der Waals surface area (Å²) in [6.07, 6.45) is 1.11. The lowest BCUT2D eigenvalue weighted by Gasteiger charge is -2.14. The summed E-state index contributed by atoms with van der Waals surface area (Å²) in [4.78, 5) is 0. The zero-order valence-corrected chi connectivity index (χ0v) is 12.5. The van der Waals surface area contributed by atoms with Crippen molar-refractivity contribution in [3.8, 4) is 5.75 Å². The first kappa shape index (κ1) is 14.9. The monoisotopic (exact) mass is 289 g/mol. The van der Waals surface area contributed by atoms with Crippen LogP contribution in [0.2, 0.25) is 0 Å². The molecule has 2 nitrogen and oxygen atoms in total. The van der Waals surface area contributed by atoms with E-state index < -0.39 is 0 Å². The Kier molecular flexibility index (Phi) is 5.45. The van der Waals surface area contributed by atoms with Crippen molar-refractivity contribution < 1.29 is 4.74 Å². The Morgan fingerprint density at radius 2 is 2.05 bits per heavy atom. The Bertz CT molecular complexity index is 595. The summed E-state index contributed by atoms with van der Waals surface area (Å²) < 4.78 is 5.77. The second-order valence-corrected chi connectivity index (χ2v) is 5.28. The van der Waals surface area contributed by atoms with E-state index in [1.165, 1.54) is 16.3 Å². The zero-order valence-electron chi connectivity index (χ0n) is 11.8. The second-order valence-electron chi connectivity index (χ2n) is 4.75. The molecule has 0 aromatic heterocycles. The summed E-state index contributed by atoms with van der Waals surface area (Å²) in [5.41, 5.74) is 1.18. The molecule has 2 aromatic carbocycles. The second kappa shape index (κ2) is 7.32. The van der Waals surface area contributed by atoms with Crippen molar-refractivity contribution in [2.75, 3.05) is 13.2 Å². The standard InChI is InChI=1S/C17H20ClNO/c1-3-10-19-11-16-15-7-5-4-6-14(15)8-9-17(16)20-12-13(2)18/h4-9,19H,2-3,10-12H2,1H3. The van der Waals surface area contributed by atoms with E-state index in [1.54, 1.807) is 0 Å². The van der Waals surface area contributed by atoms with Crippen molar-refractivity contribution in [3.05, 3.63) is 53.6 Å². The van der Waals surface area contributed by atoms with Crippen LogP contribution in [0.4, 0.5) is 0 Å². The molecule has 0 atom stereocenters. The third-order valence-electron chi connectivity index (χ3n) is 3.11. The minimum absolute atomic E-state index is 0.334. The lowest BCUT2D eigenvalue weighted by Crippen LogP contribution is -2.15. The van der Waals surface area contributed by atoms with Crippen molar-refractivity contribution in [1.29, 1.82) is 0 Å². The average molecular weight is 290 g/mol. The summed E-state index contributed by atoms with van der Waals surface area (Å²) in [5.74, 6) is 0.870. The molecule has 0 spiro atoms. The van der Waals surface area contributed by atoms with E-state index in [-0.39, 0.29) is 0 Å². The highest BCUT2D eigenvalue weighted by Crippen LogP contribution is 2.28. The Labute approximate surface area is 125 Å². The topological polar surface area (TPSA) is 21.3 Å². The van der Waals surface area contributed by atoms with Gasteiger partial charge in [0, 0.05) is 17.1 Å². The number of benzene rings is 2. The molecule has 0 unspecified atom stereocenters. The molecule has 0 aliphatic rings. The fourth-order valence-electron chi connectivity index (χ4n) is 2.18. The molecule has 0 fully saturated rings. The first-order valence-corrected chi connectivity index (χ1v) is 7.27. The van der Waals surface area contributed by atoms with Gasteiger partial charge in [-0.25, -0.2) is 0 Å². The first-order chi connectivity index (χ1) is 9.72. The smallest absolute Gasteiger partial charge is 0.124 e. The van der Waals surface area contributed by atoms with E-state index >= 15 is 0 Å². The quantitative estimate of drug-likeness (QED) is 0.759. The molecule has 0 saturated heterocycles. The fraction of sp³-hybridized carbons (Fsp3) is 0.294. The summed E-state index contributed by atoms with van der Waals surface area (Å²) in [6, 6.07) is 12.4. The largest absolute Gasteiger partial charge is 0.488 e. The Hall–Kier alpha value is -1.51. The normalized spacial score (nSPS) is 10.7. The van der Waals surface area contributed by atoms with E-state index in [9.17, 15) is 0 Å². The predicted molar refractivity (Wildman–Crippen MR) is 86.4 cm³/mol. The molecule has 2 aromatic rings. The van der Waals surface area contributed by atoms with Crippen molar-refractivity contribution >= 4 is 22.4 Å². The zero-order chi connectivity index (χ0) is 14.4. The predicted octanol–water partition coefficient (Wildman–Crippen LogP) is 4.47. The molecule has 0 heterocycles. The van der Waals surface area contributed by atoms with E-state index in [4.69, 9.17) is 16.3 Å². The number of hydrogen-bond acceptors (Lipinski definition) is 2. The van der Waals surface area contributed by atoms with Gasteiger partial charge >= 0.3 is 0 Å². The summed E-state index contributed by atoms with van der Waals surface area (Å²) in [7, 11) is 0. The van der Waals surface area contributed by atoms with Crippen molar-refractivity contribution in [3.63, 3.8) is 0 Å². The lowest BCUT2D eigenvalue weighted by molar-refractivity contribution is 0.355. The minimum Gasteiger partial charge on any atom is -0.488 e. The third-order valence-corrected chi connectivity index (χ3v) is 3.22. The van der Waals surface area contributed by atoms with Gasteiger partial charge in [0.2, 0.25) is 0 Å². The fourth-order valence-corrected chi connectivity index (χ4v) is 2.23. The van der Waals surface area contributed by atoms with Gasteiger partial charge in [-0.2, -0.15) is 0 Å². The van der Waals surface area contributed by atoms with E-state index in [0.29, 0.717) is 11.6 Å². The van der Waals surface area contributed by atoms with Crippen LogP contribution in [0.5, 0.6) is 5.75 Å². The van der Waals surface area contributed by atoms with E-state index in [1.807, 2.05) is 12.1 Å². The number of hydrogen-bond donors (Lipinski definition) is 1. The van der Waals surface area contributed by atoms with Crippen LogP contribution in [0.1, 0.15) is 18.9 Å². The van der Waals surface area contributed by atoms with Crippen LogP contribution >= 0.6 is 11.6 Å². The van der Waals surface area contributed by atoms with Gasteiger partial charge in [0.1, 0.15) is 12.4 Å². The van der Waals surface area contributed by atoms with Crippen LogP contribution < -0.4 is 10.1 Å². The minimum atomic E-state index is 0.334. The summed E-state index contributed by atoms with van der Waals surface area (Å²) in [6.45, 7) is 7.94. The Morgan fingerprint density at radius 1 is 1.25 bits per heavy atom. The Balaban J connectivity index is 2.33. The molecular weight excluding hydrogens is 270 g/mol. The number of rotatable bonds is 7. The van der Waals surface area contributed by atoms with Crippen LogP contribution in [0.3, 0.4) is 0 Å². The Morgan fingerprint density at radius 3 is 2.80 bits per heavy atom. The van der Waals surface area contributed by atoms with Crippen LogP contribution in [-0.2, 0) is 6.54 Å². The SMILES string of the molecule is C=C(Cl)COc1ccc2ccccc2c1CNCCC. The van der Waals surface area contributed by atoms with E-state index in [2.05, 4.69) is 43.1 Å². The number of halogens is 1. The number of fused-ring (bicyclic) bond motifs is 1. The summed E-state index contributed by atoms with van der Waals surface area (Å²) in [5, 5.41) is 6.38. The molecule has 0 radical (unpaired) electrons. The lowest BCUT2D eigenvalue weighted by atomic mass is 10.0. The first-order valence-electron chi connectivity index (χ1n) is 6.89. The maximum absolute atomic E-state index is 5.79. The van der Waals surface area contributed by atoms with Gasteiger partial charge in [-0.3, -0.25) is 0 Å². The molecule has 0 amide bonds. The number of ether oxygens (including phenoxy) is 1. The molecule has 0 saturated carbocycles. The molecule has 0 aliphatic heterocycles. The maximum Gasteiger partial charge on any atom is 0.124 e. The molecule has 1 N–H and O–H groups in total. The van der Waals surface area contributed by atoms with Gasteiger partial charge in [-0.15, -0.1) is 0 Å². The van der Waals surface area contributed by atoms with Crippen molar-refractivity contribution in [2.45, 2.75) is 19.9 Å². The highest BCUT2D eigenvalue weighted by atomic mass is 35.5. The molecule has 0 bridgehead atoms. The highest BCUT2D eigenvalue weighted by molar-refractivity contribution is 6.29. The highest BCUT2D eigenvalue weighted by Gasteiger charge is 2.08. The van der Waals surface area contributed by atoms with Gasteiger partial charge in [0.25, 0.3) is 0 Å². The van der Waals surface area contributed by atoms with Gasteiger partial charge in [0.15, 0.2) is 0 Å². The van der Waals surface area contributed by atoms with Crippen molar-refractivity contribution in [2.24, 2.45) is 0 Å². The van der Waals surface area contributed by atoms with Gasteiger partial charge in [-0.05, 0) is 29.8 Å². The van der Waals surface area contributed by atoms with E-state index in [0.717, 1.165) is 25.3 Å². The van der Waals surface area contributed by atoms with Crippen molar-refractivity contribution in [1.82, 2.24) is 5.32 Å². The van der Waals surface area contributed by atoms with Crippen LogP contribution in [0, 0.1) is 0 Å². The molecule has 106 valence electrons. The molecule has 3 heteroatoms. The third kappa shape index (κ3) is 3.75. The summed E-state index contributed by atoms with van der Waals surface area (Å²) >= 11 is 5.79. The van der Waals surface area contributed by atoms with Crippen LogP contribution in [0.25, 0.3) is 10.8 Å². The average Bonchev–Trinajstić information content (AvgIpc) is 2.46. The molecule has 2 rings (SSSR count). The molecule has 20 heavy (non-hydrogen) atoms. The maximum atomic E-state index is 5.79. The molecule has 0 aliphatic carbocycles. The van der Waals surface area contributed by atoms with Gasteiger partial charge < -0.3 is 10.1 Å².